The smallest absolute Gasteiger partial charge is 0.303 e. The first-order chi connectivity index (χ1) is 9.15. The number of thiazole rings is 1. The van der Waals surface area contributed by atoms with Gasteiger partial charge in [0.25, 0.3) is 0 Å². The molecule has 0 spiro atoms. The van der Waals surface area contributed by atoms with Crippen LogP contribution in [0.5, 0.6) is 0 Å². The molecule has 5 heteroatoms. The molecule has 0 saturated heterocycles. The van der Waals surface area contributed by atoms with E-state index in [1.165, 1.54) is 4.70 Å². The maximum absolute atomic E-state index is 10.4. The monoisotopic (exact) mass is 278 g/mol. The van der Waals surface area contributed by atoms with Gasteiger partial charge in [0.05, 0.1) is 16.8 Å². The van der Waals surface area contributed by atoms with Crippen molar-refractivity contribution in [2.24, 2.45) is 0 Å². The van der Waals surface area contributed by atoms with Crippen LogP contribution in [0, 0.1) is 0 Å². The van der Waals surface area contributed by atoms with Crippen LogP contribution in [0.3, 0.4) is 0 Å². The second kappa shape index (κ2) is 6.63. The van der Waals surface area contributed by atoms with E-state index in [1.54, 1.807) is 11.3 Å². The lowest BCUT2D eigenvalue weighted by atomic mass is 10.2. The summed E-state index contributed by atoms with van der Waals surface area (Å²) in [5.74, 6) is -0.714. The first kappa shape index (κ1) is 14.0. The predicted octanol–water partition coefficient (Wildman–Crippen LogP) is 2.98. The van der Waals surface area contributed by atoms with E-state index in [2.05, 4.69) is 16.0 Å². The van der Waals surface area contributed by atoms with Crippen molar-refractivity contribution in [3.63, 3.8) is 0 Å². The van der Waals surface area contributed by atoms with Crippen LogP contribution >= 0.6 is 11.3 Å². The van der Waals surface area contributed by atoms with Crippen molar-refractivity contribution < 1.29 is 9.90 Å². The number of unbranched alkanes of at least 4 members (excludes halogenated alkanes) is 1. The highest BCUT2D eigenvalue weighted by Gasteiger charge is 2.06. The zero-order chi connectivity index (χ0) is 13.7. The van der Waals surface area contributed by atoms with Gasteiger partial charge in [-0.25, -0.2) is 4.98 Å². The molecule has 0 unspecified atom stereocenters. The molecular weight excluding hydrogens is 260 g/mol. The topological polar surface area (TPSA) is 53.4 Å². The summed E-state index contributed by atoms with van der Waals surface area (Å²) in [6, 6.07) is 8.15. The Morgan fingerprint density at radius 2 is 2.16 bits per heavy atom. The van der Waals surface area contributed by atoms with Gasteiger partial charge in [-0.15, -0.1) is 11.3 Å². The molecule has 1 aromatic carbocycles. The third kappa shape index (κ3) is 4.29. The summed E-state index contributed by atoms with van der Waals surface area (Å²) >= 11 is 1.72. The molecule has 0 amide bonds. The second-order valence-electron chi connectivity index (χ2n) is 4.66. The SMILES string of the molecule is CN(CCCCC(=O)O)Cc1nc2ccccc2s1. The van der Waals surface area contributed by atoms with Crippen LogP contribution in [0.25, 0.3) is 10.2 Å². The van der Waals surface area contributed by atoms with Crippen LogP contribution in [0.4, 0.5) is 0 Å². The van der Waals surface area contributed by atoms with E-state index in [0.717, 1.165) is 36.5 Å². The Morgan fingerprint density at radius 3 is 2.89 bits per heavy atom. The van der Waals surface area contributed by atoms with E-state index in [9.17, 15) is 4.79 Å². The fourth-order valence-electron chi connectivity index (χ4n) is 1.96. The fraction of sp³-hybridized carbons (Fsp3) is 0.429. The van der Waals surface area contributed by atoms with Crippen LogP contribution in [-0.2, 0) is 11.3 Å². The standard InChI is InChI=1S/C14H18N2O2S/c1-16(9-5-4-8-14(17)18)10-13-15-11-6-2-3-7-12(11)19-13/h2-3,6-7H,4-5,8-10H2,1H3,(H,17,18). The van der Waals surface area contributed by atoms with Crippen LogP contribution in [-0.4, -0.2) is 34.6 Å². The van der Waals surface area contributed by atoms with E-state index in [0.29, 0.717) is 0 Å². The molecule has 1 aromatic heterocycles. The molecule has 0 aliphatic carbocycles. The number of para-hydroxylation sites is 1. The zero-order valence-corrected chi connectivity index (χ0v) is 11.8. The molecule has 1 N–H and O–H groups in total. The van der Waals surface area contributed by atoms with Gasteiger partial charge in [-0.3, -0.25) is 9.69 Å². The minimum atomic E-state index is -0.714. The van der Waals surface area contributed by atoms with Crippen LogP contribution in [0.15, 0.2) is 24.3 Å². The van der Waals surface area contributed by atoms with E-state index >= 15 is 0 Å². The summed E-state index contributed by atoms with van der Waals surface area (Å²) in [5.41, 5.74) is 1.06. The van der Waals surface area contributed by atoms with E-state index in [4.69, 9.17) is 5.11 Å². The first-order valence-corrected chi connectivity index (χ1v) is 7.21. The number of aromatic nitrogens is 1. The van der Waals surface area contributed by atoms with Crippen molar-refractivity contribution in [2.75, 3.05) is 13.6 Å². The maximum atomic E-state index is 10.4. The highest BCUT2D eigenvalue weighted by Crippen LogP contribution is 2.22. The summed E-state index contributed by atoms with van der Waals surface area (Å²) in [6.45, 7) is 1.73. The predicted molar refractivity (Wildman–Crippen MR) is 77.4 cm³/mol. The van der Waals surface area contributed by atoms with Gasteiger partial charge in [-0.2, -0.15) is 0 Å². The van der Waals surface area contributed by atoms with Crippen molar-refractivity contribution in [3.8, 4) is 0 Å². The second-order valence-corrected chi connectivity index (χ2v) is 5.78. The molecular formula is C14H18N2O2S. The average Bonchev–Trinajstić information content (AvgIpc) is 2.76. The van der Waals surface area contributed by atoms with Gasteiger partial charge in [-0.1, -0.05) is 12.1 Å². The molecule has 2 aromatic rings. The number of nitrogens with zero attached hydrogens (tertiary/aromatic N) is 2. The molecule has 0 bridgehead atoms. The zero-order valence-electron chi connectivity index (χ0n) is 11.0. The Kier molecular flexibility index (Phi) is 4.87. The number of carboxylic acid groups (broad SMARTS) is 1. The molecule has 0 saturated carbocycles. The summed E-state index contributed by atoms with van der Waals surface area (Å²) in [6.07, 6.45) is 1.90. The number of aliphatic carboxylic acids is 1. The number of fused-ring (bicyclic) bond motifs is 1. The number of carboxylic acids is 1. The largest absolute Gasteiger partial charge is 0.481 e. The van der Waals surface area contributed by atoms with Crippen molar-refractivity contribution in [2.45, 2.75) is 25.8 Å². The van der Waals surface area contributed by atoms with Crippen LogP contribution < -0.4 is 0 Å². The van der Waals surface area contributed by atoms with Crippen molar-refractivity contribution in [1.82, 2.24) is 9.88 Å². The number of hydrogen-bond donors (Lipinski definition) is 1. The van der Waals surface area contributed by atoms with E-state index in [1.807, 2.05) is 25.2 Å². The highest BCUT2D eigenvalue weighted by molar-refractivity contribution is 7.18. The first-order valence-electron chi connectivity index (χ1n) is 6.40. The van der Waals surface area contributed by atoms with Crippen LogP contribution in [0.2, 0.25) is 0 Å². The lowest BCUT2D eigenvalue weighted by Crippen LogP contribution is -2.19. The number of carbonyl (C=O) groups is 1. The molecule has 0 aliphatic rings. The van der Waals surface area contributed by atoms with Gasteiger partial charge in [0.15, 0.2) is 0 Å². The summed E-state index contributed by atoms with van der Waals surface area (Å²) in [7, 11) is 2.05. The molecule has 102 valence electrons. The van der Waals surface area contributed by atoms with Gasteiger partial charge < -0.3 is 5.11 Å². The summed E-state index contributed by atoms with van der Waals surface area (Å²) in [4.78, 5) is 17.2. The lowest BCUT2D eigenvalue weighted by molar-refractivity contribution is -0.137. The van der Waals surface area contributed by atoms with Crippen molar-refractivity contribution in [3.05, 3.63) is 29.3 Å². The van der Waals surface area contributed by atoms with Crippen molar-refractivity contribution in [1.29, 1.82) is 0 Å². The average molecular weight is 278 g/mol. The molecule has 19 heavy (non-hydrogen) atoms. The summed E-state index contributed by atoms with van der Waals surface area (Å²) < 4.78 is 1.22. The Balaban J connectivity index is 1.81. The van der Waals surface area contributed by atoms with Gasteiger partial charge in [0, 0.05) is 6.42 Å². The molecule has 0 fully saturated rings. The molecule has 4 nitrogen and oxygen atoms in total. The maximum Gasteiger partial charge on any atom is 0.303 e. The number of hydrogen-bond acceptors (Lipinski definition) is 4. The minimum absolute atomic E-state index is 0.259. The Morgan fingerprint density at radius 1 is 1.37 bits per heavy atom. The van der Waals surface area contributed by atoms with E-state index < -0.39 is 5.97 Å². The van der Waals surface area contributed by atoms with E-state index in [-0.39, 0.29) is 6.42 Å². The van der Waals surface area contributed by atoms with Gasteiger partial charge in [0.1, 0.15) is 5.01 Å². The number of benzene rings is 1. The van der Waals surface area contributed by atoms with Gasteiger partial charge in [0.2, 0.25) is 0 Å². The van der Waals surface area contributed by atoms with Crippen LogP contribution in [0.1, 0.15) is 24.3 Å². The lowest BCUT2D eigenvalue weighted by Gasteiger charge is -2.14. The Hall–Kier alpha value is -1.46. The van der Waals surface area contributed by atoms with Gasteiger partial charge >= 0.3 is 5.97 Å². The van der Waals surface area contributed by atoms with Crippen molar-refractivity contribution >= 4 is 27.5 Å². The third-order valence-corrected chi connectivity index (χ3v) is 3.94. The molecule has 0 aliphatic heterocycles. The highest BCUT2D eigenvalue weighted by atomic mass is 32.1. The van der Waals surface area contributed by atoms with Gasteiger partial charge in [-0.05, 0) is 38.6 Å². The third-order valence-electron chi connectivity index (χ3n) is 2.92. The molecule has 0 atom stereocenters. The fourth-order valence-corrected chi connectivity index (χ4v) is 3.00. The molecule has 2 rings (SSSR count). The molecule has 1 heterocycles. The Labute approximate surface area is 116 Å². The number of rotatable bonds is 7. The normalized spacial score (nSPS) is 11.3. The minimum Gasteiger partial charge on any atom is -0.481 e. The quantitative estimate of drug-likeness (QED) is 0.791. The summed E-state index contributed by atoms with van der Waals surface area (Å²) in [5, 5.41) is 9.69. The molecule has 0 radical (unpaired) electrons. The Bertz CT molecular complexity index is 520.